The van der Waals surface area contributed by atoms with E-state index in [1.807, 2.05) is 0 Å². The molecule has 1 aliphatic rings. The van der Waals surface area contributed by atoms with Crippen LogP contribution >= 0.6 is 0 Å². The van der Waals surface area contributed by atoms with Gasteiger partial charge in [-0.2, -0.15) is 0 Å². The van der Waals surface area contributed by atoms with E-state index in [4.69, 9.17) is 10.5 Å². The number of rotatable bonds is 5. The molecule has 3 nitrogen and oxygen atoms in total. The number of nitrogens with zero attached hydrogens (tertiary/aromatic N) is 1. The van der Waals surface area contributed by atoms with Gasteiger partial charge in [-0.3, -0.25) is 0 Å². The average molecular weight is 186 g/mol. The van der Waals surface area contributed by atoms with Gasteiger partial charge < -0.3 is 15.4 Å². The standard InChI is InChI=1S/C10H22N2O/c1-12(6-7-13-2)10-5-3-4-9(10)8-11/h9-10H,3-8,11H2,1-2H3. The van der Waals surface area contributed by atoms with Crippen LogP contribution in [0.15, 0.2) is 0 Å². The van der Waals surface area contributed by atoms with Crippen molar-refractivity contribution in [1.82, 2.24) is 4.90 Å². The summed E-state index contributed by atoms with van der Waals surface area (Å²) in [7, 11) is 3.93. The van der Waals surface area contributed by atoms with Crippen LogP contribution in [-0.4, -0.2) is 44.8 Å². The van der Waals surface area contributed by atoms with Crippen LogP contribution in [0, 0.1) is 5.92 Å². The molecule has 0 bridgehead atoms. The van der Waals surface area contributed by atoms with E-state index in [1.165, 1.54) is 19.3 Å². The molecule has 0 aromatic carbocycles. The van der Waals surface area contributed by atoms with Gasteiger partial charge in [-0.15, -0.1) is 0 Å². The SMILES string of the molecule is COCCN(C)C1CCCC1CN. The molecule has 0 heterocycles. The first-order valence-electron chi connectivity index (χ1n) is 5.18. The van der Waals surface area contributed by atoms with Crippen molar-refractivity contribution in [3.05, 3.63) is 0 Å². The summed E-state index contributed by atoms with van der Waals surface area (Å²) in [5, 5.41) is 0. The first kappa shape index (κ1) is 11.0. The largest absolute Gasteiger partial charge is 0.383 e. The van der Waals surface area contributed by atoms with Crippen molar-refractivity contribution >= 4 is 0 Å². The molecular weight excluding hydrogens is 164 g/mol. The summed E-state index contributed by atoms with van der Waals surface area (Å²) in [6.07, 6.45) is 3.95. The normalized spacial score (nSPS) is 28.6. The van der Waals surface area contributed by atoms with Crippen molar-refractivity contribution in [2.75, 3.05) is 33.9 Å². The molecule has 0 radical (unpaired) electrons. The summed E-state index contributed by atoms with van der Waals surface area (Å²) in [5.41, 5.74) is 5.73. The molecule has 3 heteroatoms. The van der Waals surface area contributed by atoms with E-state index in [9.17, 15) is 0 Å². The van der Waals surface area contributed by atoms with E-state index in [0.29, 0.717) is 12.0 Å². The molecule has 0 saturated heterocycles. The molecule has 13 heavy (non-hydrogen) atoms. The molecule has 1 rings (SSSR count). The third kappa shape index (κ3) is 2.93. The quantitative estimate of drug-likeness (QED) is 0.686. The van der Waals surface area contributed by atoms with Gasteiger partial charge in [0.05, 0.1) is 6.61 Å². The van der Waals surface area contributed by atoms with Crippen LogP contribution < -0.4 is 5.73 Å². The van der Waals surface area contributed by atoms with Gasteiger partial charge in [0, 0.05) is 19.7 Å². The molecule has 0 aromatic heterocycles. The van der Waals surface area contributed by atoms with Crippen molar-refractivity contribution < 1.29 is 4.74 Å². The zero-order valence-corrected chi connectivity index (χ0v) is 8.83. The second kappa shape index (κ2) is 5.58. The van der Waals surface area contributed by atoms with Crippen molar-refractivity contribution in [1.29, 1.82) is 0 Å². The molecule has 2 N–H and O–H groups in total. The Morgan fingerprint density at radius 2 is 2.23 bits per heavy atom. The summed E-state index contributed by atoms with van der Waals surface area (Å²) in [6, 6.07) is 0.695. The molecule has 1 aliphatic carbocycles. The van der Waals surface area contributed by atoms with Gasteiger partial charge in [-0.25, -0.2) is 0 Å². The molecule has 0 spiro atoms. The summed E-state index contributed by atoms with van der Waals surface area (Å²) < 4.78 is 5.07. The van der Waals surface area contributed by atoms with E-state index >= 15 is 0 Å². The van der Waals surface area contributed by atoms with Crippen LogP contribution in [-0.2, 0) is 4.74 Å². The number of likely N-dealkylation sites (N-methyl/N-ethyl adjacent to an activating group) is 1. The van der Waals surface area contributed by atoms with Crippen LogP contribution in [0.25, 0.3) is 0 Å². The van der Waals surface area contributed by atoms with Crippen LogP contribution in [0.3, 0.4) is 0 Å². The van der Waals surface area contributed by atoms with Gasteiger partial charge in [0.2, 0.25) is 0 Å². The Morgan fingerprint density at radius 1 is 1.46 bits per heavy atom. The third-order valence-corrected chi connectivity index (χ3v) is 3.14. The van der Waals surface area contributed by atoms with Crippen LogP contribution in [0.2, 0.25) is 0 Å². The zero-order chi connectivity index (χ0) is 9.68. The van der Waals surface area contributed by atoms with Crippen molar-refractivity contribution in [2.45, 2.75) is 25.3 Å². The summed E-state index contributed by atoms with van der Waals surface area (Å²) in [4.78, 5) is 2.40. The summed E-state index contributed by atoms with van der Waals surface area (Å²) in [5.74, 6) is 0.710. The molecule has 0 aliphatic heterocycles. The van der Waals surface area contributed by atoms with Gasteiger partial charge in [-0.05, 0) is 32.4 Å². The lowest BCUT2D eigenvalue weighted by Gasteiger charge is -2.28. The lowest BCUT2D eigenvalue weighted by molar-refractivity contribution is 0.125. The van der Waals surface area contributed by atoms with E-state index < -0.39 is 0 Å². The predicted octanol–water partition coefficient (Wildman–Crippen LogP) is 0.692. The van der Waals surface area contributed by atoms with Gasteiger partial charge in [-0.1, -0.05) is 6.42 Å². The minimum absolute atomic E-state index is 0.695. The highest BCUT2D eigenvalue weighted by molar-refractivity contribution is 4.84. The highest BCUT2D eigenvalue weighted by atomic mass is 16.5. The Kier molecular flexibility index (Phi) is 4.70. The number of hydrogen-bond donors (Lipinski definition) is 1. The molecule has 78 valence electrons. The van der Waals surface area contributed by atoms with E-state index in [-0.39, 0.29) is 0 Å². The van der Waals surface area contributed by atoms with E-state index in [2.05, 4.69) is 11.9 Å². The average Bonchev–Trinajstić information content (AvgIpc) is 2.61. The fourth-order valence-electron chi connectivity index (χ4n) is 2.27. The van der Waals surface area contributed by atoms with Crippen molar-refractivity contribution in [2.24, 2.45) is 11.7 Å². The first-order chi connectivity index (χ1) is 6.29. The maximum Gasteiger partial charge on any atom is 0.0589 e. The predicted molar refractivity (Wildman–Crippen MR) is 54.7 cm³/mol. The zero-order valence-electron chi connectivity index (χ0n) is 8.83. The van der Waals surface area contributed by atoms with Crippen LogP contribution in [0.1, 0.15) is 19.3 Å². The highest BCUT2D eigenvalue weighted by Gasteiger charge is 2.28. The maximum atomic E-state index is 5.73. The summed E-state index contributed by atoms with van der Waals surface area (Å²) >= 11 is 0. The molecule has 1 saturated carbocycles. The fourth-order valence-corrected chi connectivity index (χ4v) is 2.27. The Balaban J connectivity index is 2.31. The molecule has 0 aromatic rings. The topological polar surface area (TPSA) is 38.5 Å². The molecule has 1 fully saturated rings. The smallest absolute Gasteiger partial charge is 0.0589 e. The number of hydrogen-bond acceptors (Lipinski definition) is 3. The molecule has 2 unspecified atom stereocenters. The van der Waals surface area contributed by atoms with E-state index in [0.717, 1.165) is 19.7 Å². The second-order valence-electron chi connectivity index (χ2n) is 3.97. The Hall–Kier alpha value is -0.120. The first-order valence-corrected chi connectivity index (χ1v) is 5.18. The Labute approximate surface area is 81.2 Å². The lowest BCUT2D eigenvalue weighted by atomic mass is 10.0. The van der Waals surface area contributed by atoms with Crippen LogP contribution in [0.5, 0.6) is 0 Å². The minimum atomic E-state index is 0.695. The number of nitrogens with two attached hydrogens (primary N) is 1. The monoisotopic (exact) mass is 186 g/mol. The fraction of sp³-hybridized carbons (Fsp3) is 1.00. The summed E-state index contributed by atoms with van der Waals surface area (Å²) in [6.45, 7) is 2.68. The van der Waals surface area contributed by atoms with Gasteiger partial charge >= 0.3 is 0 Å². The molecular formula is C10H22N2O. The van der Waals surface area contributed by atoms with Gasteiger partial charge in [0.15, 0.2) is 0 Å². The van der Waals surface area contributed by atoms with Crippen LogP contribution in [0.4, 0.5) is 0 Å². The minimum Gasteiger partial charge on any atom is -0.383 e. The molecule has 2 atom stereocenters. The highest BCUT2D eigenvalue weighted by Crippen LogP contribution is 2.28. The lowest BCUT2D eigenvalue weighted by Crippen LogP contribution is -2.39. The Bertz CT molecular complexity index is 141. The Morgan fingerprint density at radius 3 is 2.85 bits per heavy atom. The van der Waals surface area contributed by atoms with Gasteiger partial charge in [0.25, 0.3) is 0 Å². The van der Waals surface area contributed by atoms with Crippen molar-refractivity contribution in [3.8, 4) is 0 Å². The van der Waals surface area contributed by atoms with Crippen molar-refractivity contribution in [3.63, 3.8) is 0 Å². The molecule has 0 amide bonds. The number of ether oxygens (including phenoxy) is 1. The second-order valence-corrected chi connectivity index (χ2v) is 3.97. The maximum absolute atomic E-state index is 5.73. The number of methoxy groups -OCH3 is 1. The third-order valence-electron chi connectivity index (χ3n) is 3.14. The van der Waals surface area contributed by atoms with Gasteiger partial charge in [0.1, 0.15) is 0 Å². The van der Waals surface area contributed by atoms with E-state index in [1.54, 1.807) is 7.11 Å².